The van der Waals surface area contributed by atoms with Crippen LogP contribution >= 0.6 is 0 Å². The van der Waals surface area contributed by atoms with Gasteiger partial charge in [0.15, 0.2) is 0 Å². The second kappa shape index (κ2) is 4.57. The Morgan fingerprint density at radius 3 is 2.56 bits per heavy atom. The Hall–Kier alpha value is -1.62. The molecule has 2 aliphatic rings. The molecule has 0 bridgehead atoms. The highest BCUT2D eigenvalue weighted by Crippen LogP contribution is 2.27. The maximum absolute atomic E-state index is 12.2. The molecule has 96 valence electrons. The smallest absolute Gasteiger partial charge is 0.272 e. The van der Waals surface area contributed by atoms with E-state index < -0.39 is 0 Å². The number of carbonyl (C=O) groups excluding carboxylic acids is 1. The zero-order valence-electron chi connectivity index (χ0n) is 10.4. The Balaban J connectivity index is 1.63. The van der Waals surface area contributed by atoms with Crippen LogP contribution in [0.2, 0.25) is 0 Å². The molecule has 1 aliphatic carbocycles. The largest absolute Gasteiger partial charge is 0.384 e. The van der Waals surface area contributed by atoms with Crippen LogP contribution < -0.4 is 5.73 Å². The quantitative estimate of drug-likeness (QED) is 0.829. The lowest BCUT2D eigenvalue weighted by molar-refractivity contribution is 0.0621. The molecule has 18 heavy (non-hydrogen) atoms. The number of hydrogen-bond donors (Lipinski definition) is 1. The van der Waals surface area contributed by atoms with Crippen LogP contribution in [-0.2, 0) is 0 Å². The average Bonchev–Trinajstić information content (AvgIpc) is 3.22. The second-order valence-corrected chi connectivity index (χ2v) is 5.01. The predicted octanol–water partition coefficient (Wildman–Crippen LogP) is 0.584. The molecule has 1 aromatic rings. The number of piperazine rings is 1. The Kier molecular flexibility index (Phi) is 2.91. The number of carbonyl (C=O) groups is 1. The Morgan fingerprint density at radius 2 is 1.94 bits per heavy atom. The van der Waals surface area contributed by atoms with Crippen molar-refractivity contribution in [3.8, 4) is 0 Å². The van der Waals surface area contributed by atoms with Gasteiger partial charge in [0.25, 0.3) is 5.91 Å². The van der Waals surface area contributed by atoms with Crippen molar-refractivity contribution in [1.29, 1.82) is 0 Å². The van der Waals surface area contributed by atoms with E-state index in [9.17, 15) is 4.79 Å². The number of pyridine rings is 1. The first-order valence-electron chi connectivity index (χ1n) is 6.50. The van der Waals surface area contributed by atoms with Crippen LogP contribution in [0.3, 0.4) is 0 Å². The lowest BCUT2D eigenvalue weighted by Gasteiger charge is -2.34. The van der Waals surface area contributed by atoms with Crippen LogP contribution in [0.1, 0.15) is 23.3 Å². The zero-order valence-corrected chi connectivity index (χ0v) is 10.4. The first-order valence-corrected chi connectivity index (χ1v) is 6.50. The maximum atomic E-state index is 12.2. The first-order chi connectivity index (χ1) is 8.74. The van der Waals surface area contributed by atoms with Crippen LogP contribution in [-0.4, -0.2) is 52.9 Å². The molecule has 1 aromatic heterocycles. The van der Waals surface area contributed by atoms with Crippen molar-refractivity contribution in [1.82, 2.24) is 14.8 Å². The van der Waals surface area contributed by atoms with Gasteiger partial charge in [0.2, 0.25) is 0 Å². The SMILES string of the molecule is Nc1cccc(C(=O)N2CCN(C3CC3)CC2)n1. The summed E-state index contributed by atoms with van der Waals surface area (Å²) in [5.74, 6) is 0.398. The summed E-state index contributed by atoms with van der Waals surface area (Å²) in [7, 11) is 0. The van der Waals surface area contributed by atoms with Crippen molar-refractivity contribution in [2.75, 3.05) is 31.9 Å². The molecule has 1 amide bonds. The van der Waals surface area contributed by atoms with Gasteiger partial charge in [-0.1, -0.05) is 6.07 Å². The van der Waals surface area contributed by atoms with Crippen LogP contribution in [0.25, 0.3) is 0 Å². The monoisotopic (exact) mass is 246 g/mol. The summed E-state index contributed by atoms with van der Waals surface area (Å²) in [6.07, 6.45) is 2.65. The van der Waals surface area contributed by atoms with Gasteiger partial charge in [-0.2, -0.15) is 0 Å². The number of anilines is 1. The van der Waals surface area contributed by atoms with Crippen molar-refractivity contribution < 1.29 is 4.79 Å². The van der Waals surface area contributed by atoms with Gasteiger partial charge in [0.1, 0.15) is 11.5 Å². The molecule has 5 nitrogen and oxygen atoms in total. The van der Waals surface area contributed by atoms with E-state index in [0.29, 0.717) is 11.5 Å². The Labute approximate surface area is 107 Å². The van der Waals surface area contributed by atoms with E-state index in [4.69, 9.17) is 5.73 Å². The molecular weight excluding hydrogens is 228 g/mol. The summed E-state index contributed by atoms with van der Waals surface area (Å²) in [6, 6.07) is 5.98. The van der Waals surface area contributed by atoms with Gasteiger partial charge in [0, 0.05) is 32.2 Å². The van der Waals surface area contributed by atoms with Crippen molar-refractivity contribution >= 4 is 11.7 Å². The highest BCUT2D eigenvalue weighted by atomic mass is 16.2. The Morgan fingerprint density at radius 1 is 1.22 bits per heavy atom. The molecule has 1 saturated carbocycles. The van der Waals surface area contributed by atoms with Crippen LogP contribution in [0.15, 0.2) is 18.2 Å². The maximum Gasteiger partial charge on any atom is 0.272 e. The molecule has 2 fully saturated rings. The fraction of sp³-hybridized carbons (Fsp3) is 0.538. The van der Waals surface area contributed by atoms with E-state index in [0.717, 1.165) is 32.2 Å². The fourth-order valence-corrected chi connectivity index (χ4v) is 2.46. The first kappa shape index (κ1) is 11.5. The van der Waals surface area contributed by atoms with Gasteiger partial charge in [0.05, 0.1) is 0 Å². The summed E-state index contributed by atoms with van der Waals surface area (Å²) in [4.78, 5) is 20.7. The lowest BCUT2D eigenvalue weighted by atomic mass is 10.2. The molecule has 0 aromatic carbocycles. The molecular formula is C13H18N4O. The van der Waals surface area contributed by atoms with Crippen molar-refractivity contribution in [2.45, 2.75) is 18.9 Å². The summed E-state index contributed by atoms with van der Waals surface area (Å²) in [5.41, 5.74) is 6.06. The Bertz CT molecular complexity index is 450. The van der Waals surface area contributed by atoms with Crippen LogP contribution in [0.4, 0.5) is 5.82 Å². The number of hydrogen-bond acceptors (Lipinski definition) is 4. The molecule has 3 rings (SSSR count). The van der Waals surface area contributed by atoms with E-state index in [2.05, 4.69) is 9.88 Å². The number of rotatable bonds is 2. The van der Waals surface area contributed by atoms with E-state index in [1.165, 1.54) is 12.8 Å². The van der Waals surface area contributed by atoms with Gasteiger partial charge in [-0.3, -0.25) is 9.69 Å². The topological polar surface area (TPSA) is 62.5 Å². The van der Waals surface area contributed by atoms with Gasteiger partial charge in [-0.15, -0.1) is 0 Å². The number of nitrogens with zero attached hydrogens (tertiary/aromatic N) is 3. The van der Waals surface area contributed by atoms with E-state index in [1.807, 2.05) is 4.90 Å². The van der Waals surface area contributed by atoms with Gasteiger partial charge >= 0.3 is 0 Å². The molecule has 1 saturated heterocycles. The fourth-order valence-electron chi connectivity index (χ4n) is 2.46. The molecule has 1 aliphatic heterocycles. The summed E-state index contributed by atoms with van der Waals surface area (Å²) in [5, 5.41) is 0. The lowest BCUT2D eigenvalue weighted by Crippen LogP contribution is -2.49. The molecule has 2 heterocycles. The van der Waals surface area contributed by atoms with Crippen molar-refractivity contribution in [3.05, 3.63) is 23.9 Å². The summed E-state index contributed by atoms with van der Waals surface area (Å²) < 4.78 is 0. The standard InChI is InChI=1S/C13H18N4O/c14-12-3-1-2-11(15-12)13(18)17-8-6-16(7-9-17)10-4-5-10/h1-3,10H,4-9H2,(H2,14,15). The second-order valence-electron chi connectivity index (χ2n) is 5.01. The summed E-state index contributed by atoms with van der Waals surface area (Å²) >= 11 is 0. The third-order valence-electron chi connectivity index (χ3n) is 3.65. The molecule has 0 radical (unpaired) electrons. The molecule has 0 atom stereocenters. The molecule has 2 N–H and O–H groups in total. The van der Waals surface area contributed by atoms with Gasteiger partial charge in [-0.05, 0) is 25.0 Å². The number of aromatic nitrogens is 1. The predicted molar refractivity (Wildman–Crippen MR) is 69.1 cm³/mol. The molecule has 0 spiro atoms. The number of amides is 1. The molecule has 0 unspecified atom stereocenters. The minimum Gasteiger partial charge on any atom is -0.384 e. The highest BCUT2D eigenvalue weighted by Gasteiger charge is 2.32. The third-order valence-corrected chi connectivity index (χ3v) is 3.65. The minimum atomic E-state index is -0.00209. The minimum absolute atomic E-state index is 0.00209. The third kappa shape index (κ3) is 2.31. The van der Waals surface area contributed by atoms with Crippen molar-refractivity contribution in [3.63, 3.8) is 0 Å². The van der Waals surface area contributed by atoms with Gasteiger partial charge in [-0.25, -0.2) is 4.98 Å². The van der Waals surface area contributed by atoms with E-state index >= 15 is 0 Å². The van der Waals surface area contributed by atoms with Gasteiger partial charge < -0.3 is 10.6 Å². The van der Waals surface area contributed by atoms with E-state index in [1.54, 1.807) is 18.2 Å². The van der Waals surface area contributed by atoms with Crippen molar-refractivity contribution in [2.24, 2.45) is 0 Å². The zero-order chi connectivity index (χ0) is 12.5. The summed E-state index contributed by atoms with van der Waals surface area (Å²) in [6.45, 7) is 3.56. The van der Waals surface area contributed by atoms with Crippen LogP contribution in [0.5, 0.6) is 0 Å². The highest BCUT2D eigenvalue weighted by molar-refractivity contribution is 5.92. The molecule has 5 heteroatoms. The van der Waals surface area contributed by atoms with Crippen LogP contribution in [0, 0.1) is 0 Å². The normalized spacial score (nSPS) is 21.0. The number of nitrogens with two attached hydrogens (primary N) is 1. The van der Waals surface area contributed by atoms with E-state index in [-0.39, 0.29) is 5.91 Å². The number of nitrogen functional groups attached to an aromatic ring is 1. The average molecular weight is 246 g/mol.